The molecule has 0 saturated carbocycles. The number of nitrogens with zero attached hydrogens (tertiary/aromatic N) is 3. The van der Waals surface area contributed by atoms with Crippen LogP contribution in [0.5, 0.6) is 0 Å². The van der Waals surface area contributed by atoms with Gasteiger partial charge in [-0.25, -0.2) is 0 Å². The molecule has 0 aliphatic carbocycles. The van der Waals surface area contributed by atoms with Crippen molar-refractivity contribution in [2.75, 3.05) is 59.0 Å². The summed E-state index contributed by atoms with van der Waals surface area (Å²) in [5.74, 6) is -2.22. The monoisotopic (exact) mass is 734 g/mol. The van der Waals surface area contributed by atoms with Crippen LogP contribution in [0.4, 0.5) is 0 Å². The standard InChI is InChI=1S/C33H70N4O8Si3/c1-31(2,3)47(11,12)44-22-20-35(19-16-30(41)42)28(39)25-36(18-15-17-33(7,8)46(9,10)43)29(40)26-37(27(38)24-34)21-23-45-48(13,14)32(4,5)6/h43H,15-26,34H2,1-14H3,(H,41,42). The van der Waals surface area contributed by atoms with Gasteiger partial charge in [0.05, 0.1) is 39.3 Å². The molecule has 0 aromatic heterocycles. The van der Waals surface area contributed by atoms with Crippen molar-refractivity contribution in [3.05, 3.63) is 0 Å². The Bertz CT molecular complexity index is 1070. The van der Waals surface area contributed by atoms with E-state index in [1.54, 1.807) is 0 Å². The van der Waals surface area contributed by atoms with Gasteiger partial charge >= 0.3 is 5.97 Å². The predicted octanol–water partition coefficient (Wildman–Crippen LogP) is 4.71. The van der Waals surface area contributed by atoms with E-state index < -0.39 is 48.6 Å². The van der Waals surface area contributed by atoms with Crippen molar-refractivity contribution in [2.24, 2.45) is 5.73 Å². The van der Waals surface area contributed by atoms with Crippen LogP contribution in [-0.2, 0) is 28.0 Å². The van der Waals surface area contributed by atoms with E-state index in [0.29, 0.717) is 12.8 Å². The molecule has 0 heterocycles. The maximum Gasteiger partial charge on any atom is 0.305 e. The van der Waals surface area contributed by atoms with Gasteiger partial charge in [0.25, 0.3) is 0 Å². The second-order valence-electron chi connectivity index (χ2n) is 17.1. The van der Waals surface area contributed by atoms with E-state index in [9.17, 15) is 29.1 Å². The summed E-state index contributed by atoms with van der Waals surface area (Å²) in [6, 6.07) is 0. The largest absolute Gasteiger partial charge is 0.481 e. The van der Waals surface area contributed by atoms with Crippen molar-refractivity contribution in [1.82, 2.24) is 14.7 Å². The lowest BCUT2D eigenvalue weighted by Crippen LogP contribution is -2.51. The SMILES string of the molecule is CC(C)(CCCN(CC(=O)N(CCO[Si](C)(C)C(C)(C)C)CCC(=O)O)C(=O)CN(CCO[Si](C)(C)C(C)(C)C)C(=O)CN)[Si](C)(C)O. The number of carboxylic acid groups (broad SMARTS) is 1. The molecule has 48 heavy (non-hydrogen) atoms. The Labute approximate surface area is 294 Å². The third kappa shape index (κ3) is 15.5. The van der Waals surface area contributed by atoms with Crippen molar-refractivity contribution in [3.63, 3.8) is 0 Å². The van der Waals surface area contributed by atoms with Gasteiger partial charge in [0.2, 0.25) is 17.7 Å². The van der Waals surface area contributed by atoms with E-state index in [4.69, 9.17) is 14.6 Å². The van der Waals surface area contributed by atoms with Crippen LogP contribution >= 0.6 is 0 Å². The lowest BCUT2D eigenvalue weighted by molar-refractivity contribution is -0.144. The molecule has 0 unspecified atom stereocenters. The summed E-state index contributed by atoms with van der Waals surface area (Å²) in [6.07, 6.45) is 0.929. The van der Waals surface area contributed by atoms with Crippen LogP contribution in [0.2, 0.25) is 54.4 Å². The minimum Gasteiger partial charge on any atom is -0.481 e. The van der Waals surface area contributed by atoms with E-state index in [2.05, 4.69) is 67.7 Å². The van der Waals surface area contributed by atoms with Crippen molar-refractivity contribution in [1.29, 1.82) is 0 Å². The predicted molar refractivity (Wildman–Crippen MR) is 200 cm³/mol. The lowest BCUT2D eigenvalue weighted by Gasteiger charge is -2.37. The van der Waals surface area contributed by atoms with E-state index in [0.717, 1.165) is 0 Å². The summed E-state index contributed by atoms with van der Waals surface area (Å²) in [5, 5.41) is 8.99. The van der Waals surface area contributed by atoms with Gasteiger partial charge < -0.3 is 39.2 Å². The highest BCUT2D eigenvalue weighted by Crippen LogP contribution is 2.40. The van der Waals surface area contributed by atoms with E-state index in [1.165, 1.54) is 14.7 Å². The third-order valence-corrected chi connectivity index (χ3v) is 23.3. The summed E-state index contributed by atoms with van der Waals surface area (Å²) in [4.78, 5) is 67.0. The van der Waals surface area contributed by atoms with Gasteiger partial charge in [-0.05, 0) is 67.2 Å². The van der Waals surface area contributed by atoms with Gasteiger partial charge in [-0.1, -0.05) is 55.4 Å². The highest BCUT2D eigenvalue weighted by Gasteiger charge is 2.39. The first kappa shape index (κ1) is 46.4. The molecule has 0 aliphatic rings. The molecule has 0 fully saturated rings. The van der Waals surface area contributed by atoms with Crippen LogP contribution in [-0.4, -0.2) is 132 Å². The van der Waals surface area contributed by atoms with Crippen LogP contribution < -0.4 is 5.73 Å². The summed E-state index contributed by atoms with van der Waals surface area (Å²) in [6.45, 7) is 29.3. The zero-order valence-corrected chi connectivity index (χ0v) is 35.7. The number of rotatable bonds is 21. The molecule has 0 saturated heterocycles. The van der Waals surface area contributed by atoms with E-state index in [1.807, 2.05) is 26.9 Å². The molecule has 15 heteroatoms. The maximum atomic E-state index is 13.9. The summed E-state index contributed by atoms with van der Waals surface area (Å²) in [5.41, 5.74) is 5.72. The minimum absolute atomic E-state index is 0.0169. The quantitative estimate of drug-likeness (QED) is 0.142. The molecule has 0 bridgehead atoms. The zero-order chi connectivity index (χ0) is 37.9. The number of carbonyl (C=O) groups is 4. The molecule has 0 atom stereocenters. The summed E-state index contributed by atoms with van der Waals surface area (Å²) in [7, 11) is -6.72. The molecular formula is C33H70N4O8Si3. The molecule has 12 nitrogen and oxygen atoms in total. The number of hydrogen-bond donors (Lipinski definition) is 3. The molecule has 3 amide bonds. The Morgan fingerprint density at radius 1 is 0.646 bits per heavy atom. The fourth-order valence-corrected chi connectivity index (χ4v) is 6.96. The molecular weight excluding hydrogens is 665 g/mol. The topological polar surface area (TPSA) is 163 Å². The number of carboxylic acids is 1. The Morgan fingerprint density at radius 2 is 1.04 bits per heavy atom. The van der Waals surface area contributed by atoms with Crippen LogP contribution in [0, 0.1) is 0 Å². The van der Waals surface area contributed by atoms with Gasteiger partial charge in [0, 0.05) is 26.2 Å². The first-order valence-corrected chi connectivity index (χ1v) is 26.0. The molecule has 282 valence electrons. The lowest BCUT2D eigenvalue weighted by atomic mass is 10.1. The normalized spacial score (nSPS) is 13.3. The Hall–Kier alpha value is -1.63. The molecule has 0 aromatic rings. The van der Waals surface area contributed by atoms with Crippen LogP contribution in [0.3, 0.4) is 0 Å². The molecule has 0 radical (unpaired) electrons. The zero-order valence-electron chi connectivity index (χ0n) is 32.7. The molecule has 0 aliphatic heterocycles. The third-order valence-electron chi connectivity index (χ3n) is 10.6. The highest BCUT2D eigenvalue weighted by molar-refractivity contribution is 6.74. The number of carbonyl (C=O) groups excluding carboxylic acids is 3. The molecule has 0 aromatic carbocycles. The van der Waals surface area contributed by atoms with Crippen LogP contribution in [0.25, 0.3) is 0 Å². The smallest absolute Gasteiger partial charge is 0.305 e. The van der Waals surface area contributed by atoms with Gasteiger partial charge in [-0.3, -0.25) is 19.2 Å². The van der Waals surface area contributed by atoms with Crippen LogP contribution in [0.15, 0.2) is 0 Å². The van der Waals surface area contributed by atoms with Crippen molar-refractivity contribution < 1.29 is 37.9 Å². The second kappa shape index (κ2) is 18.6. The Kier molecular flexibility index (Phi) is 17.9. The van der Waals surface area contributed by atoms with Crippen molar-refractivity contribution >= 4 is 48.6 Å². The van der Waals surface area contributed by atoms with Crippen molar-refractivity contribution in [2.45, 2.75) is 129 Å². The minimum atomic E-state index is -2.51. The molecule has 0 rings (SSSR count). The fourth-order valence-electron chi connectivity index (χ4n) is 4.10. The van der Waals surface area contributed by atoms with Gasteiger partial charge in [0.15, 0.2) is 25.0 Å². The van der Waals surface area contributed by atoms with Gasteiger partial charge in [0.1, 0.15) is 0 Å². The highest BCUT2D eigenvalue weighted by atomic mass is 28.4. The van der Waals surface area contributed by atoms with Gasteiger partial charge in [-0.15, -0.1) is 0 Å². The average molecular weight is 735 g/mol. The maximum absolute atomic E-state index is 13.9. The Morgan fingerprint density at radius 3 is 1.42 bits per heavy atom. The van der Waals surface area contributed by atoms with E-state index in [-0.39, 0.29) is 80.6 Å². The number of aliphatic carboxylic acids is 1. The fraction of sp³-hybridized carbons (Fsp3) is 0.879. The summed E-state index contributed by atoms with van der Waals surface area (Å²) >= 11 is 0. The number of amides is 3. The van der Waals surface area contributed by atoms with Crippen molar-refractivity contribution in [3.8, 4) is 0 Å². The van der Waals surface area contributed by atoms with Gasteiger partial charge in [-0.2, -0.15) is 0 Å². The van der Waals surface area contributed by atoms with E-state index >= 15 is 0 Å². The van der Waals surface area contributed by atoms with Crippen LogP contribution in [0.1, 0.15) is 74.7 Å². The number of hydrogen-bond acceptors (Lipinski definition) is 8. The first-order chi connectivity index (χ1) is 21.5. The first-order valence-electron chi connectivity index (χ1n) is 17.2. The number of nitrogens with two attached hydrogens (primary N) is 1. The summed E-state index contributed by atoms with van der Waals surface area (Å²) < 4.78 is 12.5. The average Bonchev–Trinajstić information content (AvgIpc) is 2.90. The molecule has 4 N–H and O–H groups in total. The Balaban J connectivity index is 6.11. The molecule has 0 spiro atoms. The second-order valence-corrected chi connectivity index (χ2v) is 31.2.